The van der Waals surface area contributed by atoms with Gasteiger partial charge in [-0.05, 0) is 49.2 Å². The summed E-state index contributed by atoms with van der Waals surface area (Å²) in [5, 5.41) is 3.21. The first kappa shape index (κ1) is 20.2. The van der Waals surface area contributed by atoms with Gasteiger partial charge >= 0.3 is 0 Å². The van der Waals surface area contributed by atoms with Crippen LogP contribution in [0.3, 0.4) is 0 Å². The maximum atomic E-state index is 12.2. The van der Waals surface area contributed by atoms with Crippen LogP contribution in [0.5, 0.6) is 0 Å². The lowest BCUT2D eigenvalue weighted by atomic mass is 10.3. The number of amides is 1. The van der Waals surface area contributed by atoms with Crippen LogP contribution in [0.15, 0.2) is 58.3 Å². The van der Waals surface area contributed by atoms with Crippen LogP contribution in [-0.2, 0) is 14.6 Å². The van der Waals surface area contributed by atoms with Crippen LogP contribution in [0.2, 0.25) is 5.02 Å². The van der Waals surface area contributed by atoms with Gasteiger partial charge in [-0.2, -0.15) is 0 Å². The summed E-state index contributed by atoms with van der Waals surface area (Å²) in [6.07, 6.45) is 3.39. The second-order valence-corrected chi connectivity index (χ2v) is 10.6. The topological polar surface area (TPSA) is 63.2 Å². The normalized spacial score (nSPS) is 15.0. The standard InChI is InChI=1S/C20H22ClNO3S2/c21-18-7-3-4-8-19(18)26-16-11-9-15(10-12-16)22-20(23)13-14-27(24,25)17-5-1-2-6-17/h3-4,7-12,17H,1-2,5-6,13-14H2,(H,22,23). The van der Waals surface area contributed by atoms with E-state index < -0.39 is 9.84 Å². The molecular weight excluding hydrogens is 402 g/mol. The average molecular weight is 424 g/mol. The molecule has 0 spiro atoms. The number of rotatable bonds is 7. The summed E-state index contributed by atoms with van der Waals surface area (Å²) < 4.78 is 24.5. The molecule has 0 heterocycles. The van der Waals surface area contributed by atoms with Crippen LogP contribution in [-0.4, -0.2) is 25.3 Å². The van der Waals surface area contributed by atoms with Crippen LogP contribution in [0.1, 0.15) is 32.1 Å². The Morgan fingerprint density at radius 2 is 1.74 bits per heavy atom. The molecule has 3 rings (SSSR count). The van der Waals surface area contributed by atoms with E-state index in [4.69, 9.17) is 11.6 Å². The third-order valence-corrected chi connectivity index (χ3v) is 8.41. The molecule has 1 aliphatic rings. The Morgan fingerprint density at radius 3 is 2.41 bits per heavy atom. The zero-order chi connectivity index (χ0) is 19.3. The zero-order valence-corrected chi connectivity index (χ0v) is 17.2. The van der Waals surface area contributed by atoms with Gasteiger partial charge in [0.25, 0.3) is 0 Å². The van der Waals surface area contributed by atoms with Crippen molar-refractivity contribution in [1.82, 2.24) is 0 Å². The summed E-state index contributed by atoms with van der Waals surface area (Å²) in [6.45, 7) is 0. The van der Waals surface area contributed by atoms with Crippen LogP contribution < -0.4 is 5.32 Å². The maximum absolute atomic E-state index is 12.2. The molecule has 0 bridgehead atoms. The predicted molar refractivity (Wildman–Crippen MR) is 111 cm³/mol. The third kappa shape index (κ3) is 5.74. The van der Waals surface area contributed by atoms with Crippen LogP contribution >= 0.6 is 23.4 Å². The second-order valence-electron chi connectivity index (χ2n) is 6.63. The molecular formula is C20H22ClNO3S2. The van der Waals surface area contributed by atoms with Gasteiger partial charge in [0, 0.05) is 21.9 Å². The summed E-state index contributed by atoms with van der Waals surface area (Å²) in [7, 11) is -3.17. The molecule has 0 aromatic heterocycles. The summed E-state index contributed by atoms with van der Waals surface area (Å²) >= 11 is 7.71. The maximum Gasteiger partial charge on any atom is 0.225 e. The largest absolute Gasteiger partial charge is 0.326 e. The van der Waals surface area contributed by atoms with Crippen LogP contribution in [0.25, 0.3) is 0 Å². The fourth-order valence-electron chi connectivity index (χ4n) is 3.13. The van der Waals surface area contributed by atoms with Crippen molar-refractivity contribution in [2.75, 3.05) is 11.1 Å². The molecule has 0 aliphatic heterocycles. The van der Waals surface area contributed by atoms with Crippen LogP contribution in [0.4, 0.5) is 5.69 Å². The van der Waals surface area contributed by atoms with Gasteiger partial charge in [0.05, 0.1) is 16.0 Å². The highest BCUT2D eigenvalue weighted by Gasteiger charge is 2.28. The van der Waals surface area contributed by atoms with Crippen molar-refractivity contribution >= 4 is 44.8 Å². The van der Waals surface area contributed by atoms with E-state index in [1.165, 1.54) is 0 Å². The van der Waals surface area contributed by atoms with Gasteiger partial charge in [-0.3, -0.25) is 4.79 Å². The van der Waals surface area contributed by atoms with E-state index in [9.17, 15) is 13.2 Å². The number of anilines is 1. The molecule has 0 saturated heterocycles. The highest BCUT2D eigenvalue weighted by atomic mass is 35.5. The lowest BCUT2D eigenvalue weighted by Crippen LogP contribution is -2.24. The van der Waals surface area contributed by atoms with Gasteiger partial charge in [0.2, 0.25) is 5.91 Å². The van der Waals surface area contributed by atoms with E-state index in [0.717, 1.165) is 35.5 Å². The van der Waals surface area contributed by atoms with E-state index >= 15 is 0 Å². The first-order chi connectivity index (χ1) is 12.9. The van der Waals surface area contributed by atoms with E-state index in [1.54, 1.807) is 11.8 Å². The van der Waals surface area contributed by atoms with Crippen molar-refractivity contribution in [3.63, 3.8) is 0 Å². The van der Waals surface area contributed by atoms with Gasteiger partial charge in [0.1, 0.15) is 0 Å². The molecule has 1 N–H and O–H groups in total. The minimum atomic E-state index is -3.17. The fraction of sp³-hybridized carbons (Fsp3) is 0.350. The Morgan fingerprint density at radius 1 is 1.07 bits per heavy atom. The number of nitrogens with one attached hydrogen (secondary N) is 1. The van der Waals surface area contributed by atoms with E-state index in [2.05, 4.69) is 5.32 Å². The Labute approximate surface area is 169 Å². The molecule has 27 heavy (non-hydrogen) atoms. The Kier molecular flexibility index (Phi) is 6.84. The van der Waals surface area contributed by atoms with Gasteiger partial charge in [-0.15, -0.1) is 0 Å². The van der Waals surface area contributed by atoms with E-state index in [-0.39, 0.29) is 23.3 Å². The molecule has 2 aromatic rings. The minimum absolute atomic E-state index is 0.00500. The zero-order valence-electron chi connectivity index (χ0n) is 14.9. The van der Waals surface area contributed by atoms with Gasteiger partial charge in [-0.25, -0.2) is 8.42 Å². The van der Waals surface area contributed by atoms with E-state index in [0.29, 0.717) is 10.7 Å². The minimum Gasteiger partial charge on any atom is -0.326 e. The van der Waals surface area contributed by atoms with Crippen molar-refractivity contribution in [3.05, 3.63) is 53.6 Å². The summed E-state index contributed by atoms with van der Waals surface area (Å²) in [5.41, 5.74) is 0.654. The highest BCUT2D eigenvalue weighted by Crippen LogP contribution is 2.33. The number of benzene rings is 2. The lowest BCUT2D eigenvalue weighted by Gasteiger charge is -2.11. The number of carbonyl (C=O) groups excluding carboxylic acids is 1. The number of carbonyl (C=O) groups is 1. The molecule has 1 aliphatic carbocycles. The summed E-state index contributed by atoms with van der Waals surface area (Å²) in [4.78, 5) is 14.1. The lowest BCUT2D eigenvalue weighted by molar-refractivity contribution is -0.115. The Balaban J connectivity index is 1.52. The first-order valence-electron chi connectivity index (χ1n) is 8.98. The number of hydrogen-bond acceptors (Lipinski definition) is 4. The molecule has 0 radical (unpaired) electrons. The first-order valence-corrected chi connectivity index (χ1v) is 11.9. The highest BCUT2D eigenvalue weighted by molar-refractivity contribution is 7.99. The second kappa shape index (κ2) is 9.13. The molecule has 1 saturated carbocycles. The summed E-state index contributed by atoms with van der Waals surface area (Å²) in [6, 6.07) is 15.0. The molecule has 2 aromatic carbocycles. The smallest absolute Gasteiger partial charge is 0.225 e. The van der Waals surface area contributed by atoms with Crippen molar-refractivity contribution in [2.24, 2.45) is 0 Å². The molecule has 144 valence electrons. The van der Waals surface area contributed by atoms with E-state index in [1.807, 2.05) is 48.5 Å². The quantitative estimate of drug-likeness (QED) is 0.666. The van der Waals surface area contributed by atoms with Crippen molar-refractivity contribution < 1.29 is 13.2 Å². The Bertz CT molecular complexity index is 892. The van der Waals surface area contributed by atoms with Crippen LogP contribution in [0, 0.1) is 0 Å². The monoisotopic (exact) mass is 423 g/mol. The molecule has 0 atom stereocenters. The van der Waals surface area contributed by atoms with Crippen molar-refractivity contribution in [3.8, 4) is 0 Å². The SMILES string of the molecule is O=C(CCS(=O)(=O)C1CCCC1)Nc1ccc(Sc2ccccc2Cl)cc1. The molecule has 4 nitrogen and oxygen atoms in total. The predicted octanol–water partition coefficient (Wildman–Crippen LogP) is 5.18. The molecule has 7 heteroatoms. The third-order valence-electron chi connectivity index (χ3n) is 4.63. The fourth-order valence-corrected chi connectivity index (χ4v) is 6.08. The van der Waals surface area contributed by atoms with Gasteiger partial charge in [-0.1, -0.05) is 48.3 Å². The molecule has 1 amide bonds. The number of hydrogen-bond donors (Lipinski definition) is 1. The van der Waals surface area contributed by atoms with Gasteiger partial charge < -0.3 is 5.32 Å². The molecule has 0 unspecified atom stereocenters. The molecule has 1 fully saturated rings. The van der Waals surface area contributed by atoms with Crippen molar-refractivity contribution in [2.45, 2.75) is 47.1 Å². The number of halogens is 1. The average Bonchev–Trinajstić information content (AvgIpc) is 3.19. The van der Waals surface area contributed by atoms with Gasteiger partial charge in [0.15, 0.2) is 9.84 Å². The Hall–Kier alpha value is -1.50. The van der Waals surface area contributed by atoms with Crippen molar-refractivity contribution in [1.29, 1.82) is 0 Å². The summed E-state index contributed by atoms with van der Waals surface area (Å²) in [5.74, 6) is -0.354. The number of sulfone groups is 1.